The number of halogens is 2. The minimum atomic E-state index is -0.728. The molecular formula is C8H7ClFNO2. The fourth-order valence-electron chi connectivity index (χ4n) is 0.855. The minimum Gasteiger partial charge on any atom is -0.495 e. The third-order valence-corrected chi connectivity index (χ3v) is 1.87. The number of nitrogens with two attached hydrogens (primary N) is 1. The van der Waals surface area contributed by atoms with Crippen molar-refractivity contribution in [2.45, 2.75) is 0 Å². The molecule has 2 N–H and O–H groups in total. The molecule has 3 nitrogen and oxygen atoms in total. The molecule has 0 radical (unpaired) electrons. The summed E-state index contributed by atoms with van der Waals surface area (Å²) in [7, 11) is 1.32. The van der Waals surface area contributed by atoms with Crippen LogP contribution in [0.3, 0.4) is 0 Å². The van der Waals surface area contributed by atoms with Crippen molar-refractivity contribution in [1.82, 2.24) is 0 Å². The Morgan fingerprint density at radius 1 is 1.62 bits per heavy atom. The van der Waals surface area contributed by atoms with Gasteiger partial charge < -0.3 is 10.5 Å². The lowest BCUT2D eigenvalue weighted by Crippen LogP contribution is -2.11. The number of carbonyl (C=O) groups excluding carboxylic acids is 1. The van der Waals surface area contributed by atoms with Crippen molar-refractivity contribution in [3.63, 3.8) is 0 Å². The van der Waals surface area contributed by atoms with E-state index >= 15 is 0 Å². The Balaban J connectivity index is 3.30. The lowest BCUT2D eigenvalue weighted by molar-refractivity contribution is 0.0999. The van der Waals surface area contributed by atoms with Crippen LogP contribution in [0.5, 0.6) is 5.75 Å². The van der Waals surface area contributed by atoms with E-state index in [4.69, 9.17) is 22.1 Å². The van der Waals surface area contributed by atoms with Gasteiger partial charge in [-0.2, -0.15) is 0 Å². The molecule has 1 rings (SSSR count). The van der Waals surface area contributed by atoms with E-state index in [2.05, 4.69) is 0 Å². The molecule has 5 heteroatoms. The van der Waals surface area contributed by atoms with Gasteiger partial charge in [0.2, 0.25) is 5.91 Å². The van der Waals surface area contributed by atoms with Crippen molar-refractivity contribution in [3.05, 3.63) is 28.5 Å². The average Bonchev–Trinajstić information content (AvgIpc) is 2.09. The predicted molar refractivity (Wildman–Crippen MR) is 46.5 cm³/mol. The summed E-state index contributed by atoms with van der Waals surface area (Å²) in [6.07, 6.45) is 0. The Morgan fingerprint density at radius 3 is 2.69 bits per heavy atom. The minimum absolute atomic E-state index is 0.0266. The molecule has 0 bridgehead atoms. The summed E-state index contributed by atoms with van der Waals surface area (Å²) in [4.78, 5) is 10.7. The van der Waals surface area contributed by atoms with Crippen molar-refractivity contribution >= 4 is 17.5 Å². The predicted octanol–water partition coefficient (Wildman–Crippen LogP) is 1.59. The first kappa shape index (κ1) is 9.80. The third kappa shape index (κ3) is 1.89. The van der Waals surface area contributed by atoms with Crippen molar-refractivity contribution in [2.75, 3.05) is 7.11 Å². The van der Waals surface area contributed by atoms with Crippen LogP contribution >= 0.6 is 11.6 Å². The molecular weight excluding hydrogens is 197 g/mol. The van der Waals surface area contributed by atoms with Crippen LogP contribution in [0.25, 0.3) is 0 Å². The van der Waals surface area contributed by atoms with Gasteiger partial charge in [0.15, 0.2) is 0 Å². The van der Waals surface area contributed by atoms with Crippen LogP contribution in [-0.2, 0) is 0 Å². The second kappa shape index (κ2) is 3.62. The second-order valence-electron chi connectivity index (χ2n) is 2.34. The highest BCUT2D eigenvalue weighted by atomic mass is 35.5. The van der Waals surface area contributed by atoms with E-state index in [-0.39, 0.29) is 16.3 Å². The Kier molecular flexibility index (Phi) is 2.72. The van der Waals surface area contributed by atoms with Gasteiger partial charge in [-0.15, -0.1) is 0 Å². The number of hydrogen-bond acceptors (Lipinski definition) is 2. The smallest absolute Gasteiger partial charge is 0.248 e. The van der Waals surface area contributed by atoms with Crippen LogP contribution in [0.1, 0.15) is 10.4 Å². The molecule has 0 fully saturated rings. The van der Waals surface area contributed by atoms with Gasteiger partial charge in [0.05, 0.1) is 7.11 Å². The maximum Gasteiger partial charge on any atom is 0.248 e. The molecule has 0 aliphatic rings. The van der Waals surface area contributed by atoms with Gasteiger partial charge in [0, 0.05) is 5.56 Å². The largest absolute Gasteiger partial charge is 0.495 e. The maximum absolute atomic E-state index is 13.0. The number of amides is 1. The Hall–Kier alpha value is -1.29. The summed E-state index contributed by atoms with van der Waals surface area (Å²) in [6.45, 7) is 0. The van der Waals surface area contributed by atoms with Gasteiger partial charge in [-0.1, -0.05) is 11.6 Å². The zero-order valence-corrected chi connectivity index (χ0v) is 7.56. The number of benzene rings is 1. The topological polar surface area (TPSA) is 52.3 Å². The van der Waals surface area contributed by atoms with E-state index in [9.17, 15) is 9.18 Å². The van der Waals surface area contributed by atoms with E-state index < -0.39 is 11.7 Å². The number of primary amides is 1. The number of rotatable bonds is 2. The molecule has 0 heterocycles. The van der Waals surface area contributed by atoms with Gasteiger partial charge in [-0.25, -0.2) is 4.39 Å². The number of methoxy groups -OCH3 is 1. The first-order valence-electron chi connectivity index (χ1n) is 3.39. The molecule has 0 atom stereocenters. The van der Waals surface area contributed by atoms with Crippen LogP contribution in [0.2, 0.25) is 5.02 Å². The molecule has 0 aliphatic carbocycles. The molecule has 0 unspecified atom stereocenters. The molecule has 1 amide bonds. The van der Waals surface area contributed by atoms with Crippen molar-refractivity contribution in [1.29, 1.82) is 0 Å². The van der Waals surface area contributed by atoms with Gasteiger partial charge in [-0.3, -0.25) is 4.79 Å². The Morgan fingerprint density at radius 2 is 2.23 bits per heavy atom. The molecule has 0 saturated carbocycles. The summed E-state index contributed by atoms with van der Waals surface area (Å²) in [6, 6.07) is 2.25. The van der Waals surface area contributed by atoms with Gasteiger partial charge in [0.1, 0.15) is 16.6 Å². The van der Waals surface area contributed by atoms with E-state index in [1.54, 1.807) is 0 Å². The van der Waals surface area contributed by atoms with E-state index in [1.807, 2.05) is 0 Å². The van der Waals surface area contributed by atoms with Crippen LogP contribution in [-0.4, -0.2) is 13.0 Å². The summed E-state index contributed by atoms with van der Waals surface area (Å²) in [5.41, 5.74) is 4.98. The second-order valence-corrected chi connectivity index (χ2v) is 2.72. The van der Waals surface area contributed by atoms with Crippen LogP contribution < -0.4 is 10.5 Å². The zero-order chi connectivity index (χ0) is 10.0. The molecule has 0 saturated heterocycles. The van der Waals surface area contributed by atoms with E-state index in [0.717, 1.165) is 6.07 Å². The summed E-state index contributed by atoms with van der Waals surface area (Å²) < 4.78 is 17.7. The first-order valence-corrected chi connectivity index (χ1v) is 3.77. The average molecular weight is 204 g/mol. The fourth-order valence-corrected chi connectivity index (χ4v) is 1.04. The standard InChI is InChI=1S/C8H7ClFNO2/c1-13-6-3-4(8(11)12)2-5(10)7(6)9/h2-3H,1H3,(H2,11,12). The van der Waals surface area contributed by atoms with Gasteiger partial charge >= 0.3 is 0 Å². The SMILES string of the molecule is COc1cc(C(N)=O)cc(F)c1Cl. The maximum atomic E-state index is 13.0. The van der Waals surface area contributed by atoms with Crippen LogP contribution in [0.15, 0.2) is 12.1 Å². The van der Waals surface area contributed by atoms with Crippen molar-refractivity contribution < 1.29 is 13.9 Å². The molecule has 1 aromatic carbocycles. The molecule has 0 spiro atoms. The molecule has 0 aliphatic heterocycles. The Labute approximate surface area is 79.2 Å². The van der Waals surface area contributed by atoms with Crippen LogP contribution in [0, 0.1) is 5.82 Å². The van der Waals surface area contributed by atoms with Crippen molar-refractivity contribution in [3.8, 4) is 5.75 Å². The summed E-state index contributed by atoms with van der Waals surface area (Å²) >= 11 is 5.52. The lowest BCUT2D eigenvalue weighted by Gasteiger charge is -2.05. The highest BCUT2D eigenvalue weighted by Gasteiger charge is 2.11. The highest BCUT2D eigenvalue weighted by Crippen LogP contribution is 2.28. The lowest BCUT2D eigenvalue weighted by atomic mass is 10.2. The van der Waals surface area contributed by atoms with Crippen molar-refractivity contribution in [2.24, 2.45) is 5.73 Å². The fraction of sp³-hybridized carbons (Fsp3) is 0.125. The molecule has 1 aromatic rings. The van der Waals surface area contributed by atoms with Crippen LogP contribution in [0.4, 0.5) is 4.39 Å². The molecule has 70 valence electrons. The number of carbonyl (C=O) groups is 1. The van der Waals surface area contributed by atoms with E-state index in [0.29, 0.717) is 0 Å². The Bertz CT molecular complexity index is 354. The third-order valence-electron chi connectivity index (χ3n) is 1.50. The normalized spacial score (nSPS) is 9.77. The van der Waals surface area contributed by atoms with Gasteiger partial charge in [0.25, 0.3) is 0 Å². The number of ether oxygens (including phenoxy) is 1. The number of hydrogen-bond donors (Lipinski definition) is 1. The van der Waals surface area contributed by atoms with E-state index in [1.165, 1.54) is 13.2 Å². The monoisotopic (exact) mass is 203 g/mol. The summed E-state index contributed by atoms with van der Waals surface area (Å²) in [5.74, 6) is -1.36. The molecule has 13 heavy (non-hydrogen) atoms. The first-order chi connectivity index (χ1) is 6.06. The zero-order valence-electron chi connectivity index (χ0n) is 6.80. The summed E-state index contributed by atoms with van der Waals surface area (Å²) in [5, 5.41) is -0.160. The quantitative estimate of drug-likeness (QED) is 0.794. The molecule has 0 aromatic heterocycles. The van der Waals surface area contributed by atoms with Gasteiger partial charge in [-0.05, 0) is 12.1 Å². The highest BCUT2D eigenvalue weighted by molar-refractivity contribution is 6.32.